The molecule has 0 saturated heterocycles. The Morgan fingerprint density at radius 1 is 0.800 bits per heavy atom. The van der Waals surface area contributed by atoms with E-state index in [9.17, 15) is 0 Å². The number of rotatable bonds is 8. The van der Waals surface area contributed by atoms with Crippen LogP contribution in [0.2, 0.25) is 0 Å². The first-order valence-electron chi connectivity index (χ1n) is 17.2. The molecule has 8 aromatic rings. The highest BCUT2D eigenvalue weighted by Gasteiger charge is 2.22. The molecule has 10 heteroatoms. The van der Waals surface area contributed by atoms with E-state index in [2.05, 4.69) is 79.0 Å². The molecule has 246 valence electrons. The van der Waals surface area contributed by atoms with Crippen LogP contribution in [-0.4, -0.2) is 44.1 Å². The molecule has 0 N–H and O–H groups in total. The highest BCUT2D eigenvalue weighted by molar-refractivity contribution is 7.16. The van der Waals surface area contributed by atoms with Crippen molar-refractivity contribution < 1.29 is 0 Å². The Morgan fingerprint density at radius 2 is 1.62 bits per heavy atom. The molecular formula is C40H35N9S. The smallest absolute Gasteiger partial charge is 0.177 e. The third-order valence-electron chi connectivity index (χ3n) is 9.68. The van der Waals surface area contributed by atoms with Crippen molar-refractivity contribution in [2.24, 2.45) is 0 Å². The lowest BCUT2D eigenvalue weighted by molar-refractivity contribution is 0.810. The van der Waals surface area contributed by atoms with Crippen LogP contribution < -0.4 is 0 Å². The normalized spacial score (nSPS) is 13.1. The van der Waals surface area contributed by atoms with Gasteiger partial charge in [-0.15, -0.1) is 11.3 Å². The molecule has 7 heterocycles. The molecule has 0 fully saturated rings. The second-order valence-electron chi connectivity index (χ2n) is 12.9. The molecule has 1 aromatic carbocycles. The molecule has 9 rings (SSSR count). The number of aromatic nitrogens is 9. The van der Waals surface area contributed by atoms with Gasteiger partial charge in [0.05, 0.1) is 22.6 Å². The van der Waals surface area contributed by atoms with E-state index in [1.165, 1.54) is 16.5 Å². The summed E-state index contributed by atoms with van der Waals surface area (Å²) in [5, 5.41) is 14.0. The van der Waals surface area contributed by atoms with E-state index >= 15 is 0 Å². The Kier molecular flexibility index (Phi) is 7.53. The zero-order valence-electron chi connectivity index (χ0n) is 28.3. The molecule has 0 radical (unpaired) electrons. The van der Waals surface area contributed by atoms with Gasteiger partial charge in [0, 0.05) is 46.8 Å². The number of fused-ring (bicyclic) bond motifs is 6. The van der Waals surface area contributed by atoms with E-state index in [0.29, 0.717) is 6.42 Å². The van der Waals surface area contributed by atoms with Gasteiger partial charge in [0.2, 0.25) is 0 Å². The van der Waals surface area contributed by atoms with Gasteiger partial charge >= 0.3 is 0 Å². The number of hydrogen-bond acceptors (Lipinski definition) is 8. The molecule has 1 aliphatic rings. The van der Waals surface area contributed by atoms with E-state index in [1.54, 1.807) is 11.3 Å². The largest absolute Gasteiger partial charge is 0.253 e. The Bertz CT molecular complexity index is 2620. The van der Waals surface area contributed by atoms with Gasteiger partial charge in [0.1, 0.15) is 4.83 Å². The second-order valence-corrected chi connectivity index (χ2v) is 13.8. The van der Waals surface area contributed by atoms with Crippen molar-refractivity contribution in [3.05, 3.63) is 129 Å². The SMILES string of the molecule is CCC1=CC=Cc2c(-c3nc(C)c4nc(CCc5ccc6ccsc6n5)nn4c3C)cc3ccc(CCc4nc5ccccn5n4)nc3c2C1. The van der Waals surface area contributed by atoms with Crippen molar-refractivity contribution in [2.75, 3.05) is 0 Å². The van der Waals surface area contributed by atoms with Gasteiger partial charge in [0.15, 0.2) is 22.9 Å². The average molecular weight is 674 g/mol. The fourth-order valence-corrected chi connectivity index (χ4v) is 7.76. The average Bonchev–Trinajstić information content (AvgIpc) is 3.86. The van der Waals surface area contributed by atoms with Crippen molar-refractivity contribution >= 4 is 49.8 Å². The van der Waals surface area contributed by atoms with Crippen LogP contribution in [-0.2, 0) is 32.1 Å². The zero-order chi connectivity index (χ0) is 33.8. The summed E-state index contributed by atoms with van der Waals surface area (Å²) in [7, 11) is 0. The minimum Gasteiger partial charge on any atom is -0.253 e. The number of hydrogen-bond donors (Lipinski definition) is 0. The predicted octanol–water partition coefficient (Wildman–Crippen LogP) is 8.08. The lowest BCUT2D eigenvalue weighted by Gasteiger charge is -2.17. The summed E-state index contributed by atoms with van der Waals surface area (Å²) in [5.74, 6) is 1.62. The summed E-state index contributed by atoms with van der Waals surface area (Å²) in [6.07, 6.45) is 13.4. The quantitative estimate of drug-likeness (QED) is 0.161. The number of nitrogens with zero attached hydrogens (tertiary/aromatic N) is 9. The first kappa shape index (κ1) is 30.4. The van der Waals surface area contributed by atoms with Crippen LogP contribution in [0.25, 0.3) is 49.7 Å². The Morgan fingerprint density at radius 3 is 2.46 bits per heavy atom. The Labute approximate surface area is 293 Å². The first-order chi connectivity index (χ1) is 24.5. The maximum Gasteiger partial charge on any atom is 0.177 e. The van der Waals surface area contributed by atoms with E-state index in [0.717, 1.165) is 110 Å². The minimum absolute atomic E-state index is 0.709. The van der Waals surface area contributed by atoms with Gasteiger partial charge in [-0.1, -0.05) is 48.9 Å². The fourth-order valence-electron chi connectivity index (χ4n) is 6.97. The van der Waals surface area contributed by atoms with Gasteiger partial charge in [-0.05, 0) is 92.4 Å². The van der Waals surface area contributed by atoms with Crippen LogP contribution in [0.1, 0.15) is 58.9 Å². The van der Waals surface area contributed by atoms with E-state index in [1.807, 2.05) is 40.4 Å². The molecular weight excluding hydrogens is 639 g/mol. The van der Waals surface area contributed by atoms with Crippen molar-refractivity contribution in [2.45, 2.75) is 59.3 Å². The molecule has 1 aliphatic carbocycles. The van der Waals surface area contributed by atoms with Crippen molar-refractivity contribution in [3.63, 3.8) is 0 Å². The molecule has 0 atom stereocenters. The highest BCUT2D eigenvalue weighted by atomic mass is 32.1. The molecule has 0 amide bonds. The standard InChI is InChI=1S/C40H35N9S/c1-4-26-8-7-9-31-32(22-26)38-28(12-14-29(42-38)15-17-34-44-36-10-5-6-20-48(36)46-34)23-33(31)37-25(3)49-39(24(2)41-37)45-35(47-49)18-16-30-13-11-27-19-21-50-40(27)43-30/h5-14,19-21,23H,4,15-18,22H2,1-3H3. The van der Waals surface area contributed by atoms with Gasteiger partial charge < -0.3 is 0 Å². The third-order valence-corrected chi connectivity index (χ3v) is 10.5. The zero-order valence-corrected chi connectivity index (χ0v) is 29.1. The van der Waals surface area contributed by atoms with Gasteiger partial charge in [0.25, 0.3) is 0 Å². The van der Waals surface area contributed by atoms with Gasteiger partial charge in [-0.3, -0.25) is 4.98 Å². The molecule has 0 spiro atoms. The van der Waals surface area contributed by atoms with Crippen LogP contribution in [0, 0.1) is 13.8 Å². The topological polar surface area (TPSA) is 99.0 Å². The fraction of sp³-hybridized carbons (Fsp3) is 0.225. The summed E-state index contributed by atoms with van der Waals surface area (Å²) < 4.78 is 3.80. The molecule has 9 nitrogen and oxygen atoms in total. The van der Waals surface area contributed by atoms with E-state index < -0.39 is 0 Å². The lowest BCUT2D eigenvalue weighted by atomic mass is 9.90. The third kappa shape index (κ3) is 5.45. The van der Waals surface area contributed by atoms with Crippen molar-refractivity contribution in [1.29, 1.82) is 0 Å². The van der Waals surface area contributed by atoms with E-state index in [-0.39, 0.29) is 0 Å². The lowest BCUT2D eigenvalue weighted by Crippen LogP contribution is -2.06. The predicted molar refractivity (Wildman–Crippen MR) is 200 cm³/mol. The molecule has 0 unspecified atom stereocenters. The first-order valence-corrected chi connectivity index (χ1v) is 18.1. The summed E-state index contributed by atoms with van der Waals surface area (Å²) in [5.41, 5.74) is 12.4. The number of allylic oxidation sites excluding steroid dienone is 3. The molecule has 50 heavy (non-hydrogen) atoms. The van der Waals surface area contributed by atoms with Gasteiger partial charge in [-0.25, -0.2) is 29.0 Å². The van der Waals surface area contributed by atoms with E-state index in [4.69, 9.17) is 30.0 Å². The van der Waals surface area contributed by atoms with Crippen molar-refractivity contribution in [3.8, 4) is 11.3 Å². The highest BCUT2D eigenvalue weighted by Crippen LogP contribution is 2.37. The Balaban J connectivity index is 1.08. The van der Waals surface area contributed by atoms with Crippen LogP contribution in [0.3, 0.4) is 0 Å². The van der Waals surface area contributed by atoms with Crippen molar-refractivity contribution in [1.82, 2.24) is 44.1 Å². The number of pyridine rings is 3. The summed E-state index contributed by atoms with van der Waals surface area (Å²) in [6.45, 7) is 6.35. The number of thiophene rings is 1. The van der Waals surface area contributed by atoms with Crippen LogP contribution in [0.5, 0.6) is 0 Å². The minimum atomic E-state index is 0.709. The monoisotopic (exact) mass is 673 g/mol. The van der Waals surface area contributed by atoms with Crippen LogP contribution >= 0.6 is 11.3 Å². The molecule has 0 bridgehead atoms. The molecule has 0 saturated carbocycles. The van der Waals surface area contributed by atoms with Crippen LogP contribution in [0.15, 0.2) is 83.9 Å². The second kappa shape index (κ2) is 12.4. The maximum absolute atomic E-state index is 5.28. The van der Waals surface area contributed by atoms with Crippen LogP contribution in [0.4, 0.5) is 0 Å². The number of benzene rings is 1. The summed E-state index contributed by atoms with van der Waals surface area (Å²) in [4.78, 5) is 26.0. The Hall–Kier alpha value is -5.61. The molecule has 0 aliphatic heterocycles. The maximum atomic E-state index is 5.28. The number of aryl methyl sites for hydroxylation is 6. The summed E-state index contributed by atoms with van der Waals surface area (Å²) >= 11 is 1.67. The molecule has 7 aromatic heterocycles. The summed E-state index contributed by atoms with van der Waals surface area (Å²) in [6, 6.07) is 18.9. The van der Waals surface area contributed by atoms with Gasteiger partial charge in [-0.2, -0.15) is 10.2 Å².